The van der Waals surface area contributed by atoms with Crippen molar-refractivity contribution in [3.63, 3.8) is 0 Å². The molecule has 0 aromatic heterocycles. The molecule has 1 aromatic rings. The van der Waals surface area contributed by atoms with Crippen LogP contribution in [0.4, 0.5) is 30.7 Å². The summed E-state index contributed by atoms with van der Waals surface area (Å²) in [5.41, 5.74) is -6.68. The molecule has 1 aromatic carbocycles. The van der Waals surface area contributed by atoms with E-state index in [9.17, 15) is 30.7 Å². The van der Waals surface area contributed by atoms with Gasteiger partial charge in [-0.1, -0.05) is 17.7 Å². The maximum Gasteiger partial charge on any atom is 0.435 e. The molecule has 0 amide bonds. The Labute approximate surface area is 109 Å². The van der Waals surface area contributed by atoms with Gasteiger partial charge >= 0.3 is 18.0 Å². The fraction of sp³-hybridized carbons (Fsp3) is 0.455. The van der Waals surface area contributed by atoms with Crippen LogP contribution >= 0.6 is 11.6 Å². The van der Waals surface area contributed by atoms with Crippen molar-refractivity contribution in [1.82, 2.24) is 0 Å². The van der Waals surface area contributed by atoms with Crippen LogP contribution in [-0.2, 0) is 5.67 Å². The standard InChI is InChI=1S/C11H8ClF7/c1-5-3-7(4-8(12)6(5)2)9(13,10(14,15)16)11(17,18)19/h3-4H,1-2H3. The molecule has 0 heterocycles. The molecule has 19 heavy (non-hydrogen) atoms. The molecule has 1 rings (SSSR count). The third kappa shape index (κ3) is 2.52. The van der Waals surface area contributed by atoms with E-state index in [0.29, 0.717) is 12.1 Å². The van der Waals surface area contributed by atoms with E-state index in [1.165, 1.54) is 13.8 Å². The fourth-order valence-electron chi connectivity index (χ4n) is 1.50. The van der Waals surface area contributed by atoms with E-state index in [2.05, 4.69) is 0 Å². The van der Waals surface area contributed by atoms with Crippen LogP contribution in [0, 0.1) is 13.8 Å². The lowest BCUT2D eigenvalue weighted by Gasteiger charge is -2.30. The molecule has 0 saturated carbocycles. The van der Waals surface area contributed by atoms with E-state index in [-0.39, 0.29) is 16.1 Å². The van der Waals surface area contributed by atoms with Crippen LogP contribution in [0.15, 0.2) is 12.1 Å². The molecule has 0 N–H and O–H groups in total. The zero-order valence-electron chi connectivity index (χ0n) is 9.68. The number of aryl methyl sites for hydroxylation is 1. The van der Waals surface area contributed by atoms with Gasteiger partial charge in [0.2, 0.25) is 0 Å². The van der Waals surface area contributed by atoms with Gasteiger partial charge < -0.3 is 0 Å². The highest BCUT2D eigenvalue weighted by Gasteiger charge is 2.73. The van der Waals surface area contributed by atoms with Crippen molar-refractivity contribution < 1.29 is 30.7 Å². The summed E-state index contributed by atoms with van der Waals surface area (Å²) in [4.78, 5) is 0. The Bertz CT molecular complexity index is 450. The second-order valence-electron chi connectivity index (χ2n) is 4.05. The molecule has 0 aliphatic carbocycles. The van der Waals surface area contributed by atoms with Crippen LogP contribution in [0.3, 0.4) is 0 Å². The van der Waals surface area contributed by atoms with Crippen molar-refractivity contribution in [2.45, 2.75) is 31.9 Å². The van der Waals surface area contributed by atoms with Crippen molar-refractivity contribution in [3.05, 3.63) is 33.8 Å². The van der Waals surface area contributed by atoms with Gasteiger partial charge in [0, 0.05) is 10.6 Å². The average Bonchev–Trinajstić information content (AvgIpc) is 2.20. The Morgan fingerprint density at radius 1 is 0.842 bits per heavy atom. The molecule has 0 spiro atoms. The first kappa shape index (κ1) is 16.1. The lowest BCUT2D eigenvalue weighted by molar-refractivity contribution is -0.348. The summed E-state index contributed by atoms with van der Waals surface area (Å²) in [5.74, 6) is 0. The van der Waals surface area contributed by atoms with Crippen LogP contribution < -0.4 is 0 Å². The Morgan fingerprint density at radius 3 is 1.58 bits per heavy atom. The smallest absolute Gasteiger partial charge is 0.218 e. The Kier molecular flexibility index (Phi) is 3.84. The van der Waals surface area contributed by atoms with Crippen LogP contribution in [0.5, 0.6) is 0 Å². The van der Waals surface area contributed by atoms with Gasteiger partial charge in [0.15, 0.2) is 0 Å². The predicted octanol–water partition coefficient (Wildman–Crippen LogP) is 5.25. The van der Waals surface area contributed by atoms with Crippen molar-refractivity contribution in [2.75, 3.05) is 0 Å². The van der Waals surface area contributed by atoms with Crippen molar-refractivity contribution in [1.29, 1.82) is 0 Å². The maximum atomic E-state index is 13.7. The van der Waals surface area contributed by atoms with Crippen molar-refractivity contribution >= 4 is 11.6 Å². The molecular weight excluding hydrogens is 301 g/mol. The van der Waals surface area contributed by atoms with Gasteiger partial charge in [0.1, 0.15) is 0 Å². The van der Waals surface area contributed by atoms with Crippen LogP contribution in [0.1, 0.15) is 16.7 Å². The summed E-state index contributed by atoms with van der Waals surface area (Å²) in [6.07, 6.45) is -12.3. The molecule has 0 fully saturated rings. The minimum absolute atomic E-state index is 0.0398. The summed E-state index contributed by atoms with van der Waals surface area (Å²) >= 11 is 5.52. The highest BCUT2D eigenvalue weighted by atomic mass is 35.5. The number of benzene rings is 1. The Hall–Kier alpha value is -0.980. The van der Waals surface area contributed by atoms with Gasteiger partial charge in [-0.05, 0) is 31.0 Å². The molecule has 0 unspecified atom stereocenters. The summed E-state index contributed by atoms with van der Waals surface area (Å²) in [6, 6.07) is 0.854. The van der Waals surface area contributed by atoms with Gasteiger partial charge in [-0.15, -0.1) is 0 Å². The Morgan fingerprint density at radius 2 is 1.26 bits per heavy atom. The van der Waals surface area contributed by atoms with E-state index >= 15 is 0 Å². The minimum atomic E-state index is -6.13. The van der Waals surface area contributed by atoms with E-state index in [0.717, 1.165) is 0 Å². The van der Waals surface area contributed by atoms with E-state index in [1.54, 1.807) is 0 Å². The third-order valence-electron chi connectivity index (χ3n) is 2.78. The lowest BCUT2D eigenvalue weighted by atomic mass is 9.91. The number of hydrogen-bond acceptors (Lipinski definition) is 0. The van der Waals surface area contributed by atoms with E-state index < -0.39 is 23.6 Å². The SMILES string of the molecule is Cc1cc(C(F)(C(F)(F)F)C(F)(F)F)cc(Cl)c1C. The third-order valence-corrected chi connectivity index (χ3v) is 3.18. The highest BCUT2D eigenvalue weighted by Crippen LogP contribution is 2.53. The first-order valence-electron chi connectivity index (χ1n) is 4.92. The monoisotopic (exact) mass is 308 g/mol. The van der Waals surface area contributed by atoms with Crippen molar-refractivity contribution in [2.24, 2.45) is 0 Å². The van der Waals surface area contributed by atoms with Gasteiger partial charge in [0.25, 0.3) is 0 Å². The zero-order valence-corrected chi connectivity index (χ0v) is 10.4. The fourth-order valence-corrected chi connectivity index (χ4v) is 1.77. The quantitative estimate of drug-likeness (QED) is 0.622. The average molecular weight is 309 g/mol. The Balaban J connectivity index is 3.62. The largest absolute Gasteiger partial charge is 0.435 e. The molecule has 0 aliphatic heterocycles. The number of halogens is 8. The molecular formula is C11H8ClF7. The van der Waals surface area contributed by atoms with E-state index in [4.69, 9.17) is 11.6 Å². The molecule has 0 atom stereocenters. The predicted molar refractivity (Wildman–Crippen MR) is 55.8 cm³/mol. The topological polar surface area (TPSA) is 0 Å². The van der Waals surface area contributed by atoms with Crippen LogP contribution in [0.2, 0.25) is 5.02 Å². The second kappa shape index (κ2) is 4.54. The molecule has 0 aliphatic rings. The maximum absolute atomic E-state index is 13.7. The van der Waals surface area contributed by atoms with E-state index in [1.807, 2.05) is 0 Å². The highest BCUT2D eigenvalue weighted by molar-refractivity contribution is 6.31. The first-order valence-corrected chi connectivity index (χ1v) is 5.29. The van der Waals surface area contributed by atoms with Gasteiger partial charge in [-0.25, -0.2) is 4.39 Å². The summed E-state index contributed by atoms with van der Waals surface area (Å²) in [6.45, 7) is 2.65. The summed E-state index contributed by atoms with van der Waals surface area (Å²) in [7, 11) is 0. The lowest BCUT2D eigenvalue weighted by Crippen LogP contribution is -2.50. The zero-order chi connectivity index (χ0) is 15.2. The molecule has 8 heteroatoms. The number of hydrogen-bond donors (Lipinski definition) is 0. The minimum Gasteiger partial charge on any atom is -0.218 e. The molecule has 0 saturated heterocycles. The molecule has 108 valence electrons. The van der Waals surface area contributed by atoms with Crippen molar-refractivity contribution in [3.8, 4) is 0 Å². The normalized spacial score (nSPS) is 13.8. The first-order chi connectivity index (χ1) is 8.32. The second-order valence-corrected chi connectivity index (χ2v) is 4.46. The van der Waals surface area contributed by atoms with Gasteiger partial charge in [-0.2, -0.15) is 26.3 Å². The van der Waals surface area contributed by atoms with Gasteiger partial charge in [-0.3, -0.25) is 0 Å². The van der Waals surface area contributed by atoms with Crippen LogP contribution in [0.25, 0.3) is 0 Å². The molecule has 0 nitrogen and oxygen atoms in total. The number of alkyl halides is 7. The summed E-state index contributed by atoms with van der Waals surface area (Å²) < 4.78 is 88.8. The molecule has 0 bridgehead atoms. The van der Waals surface area contributed by atoms with Gasteiger partial charge in [0.05, 0.1) is 0 Å². The summed E-state index contributed by atoms with van der Waals surface area (Å²) in [5, 5.41) is -0.356. The number of rotatable bonds is 1. The molecule has 0 radical (unpaired) electrons. The van der Waals surface area contributed by atoms with Crippen LogP contribution in [-0.4, -0.2) is 12.4 Å².